The minimum atomic E-state index is -0.285. The lowest BCUT2D eigenvalue weighted by Gasteiger charge is -2.06. The number of anilines is 2. The molecule has 0 spiro atoms. The zero-order valence-electron chi connectivity index (χ0n) is 9.95. The van der Waals surface area contributed by atoms with Crippen molar-refractivity contribution in [2.75, 3.05) is 12.4 Å². The Labute approximate surface area is 108 Å². The summed E-state index contributed by atoms with van der Waals surface area (Å²) in [6.07, 6.45) is 0. The number of ether oxygens (including phenoxy) is 1. The molecule has 0 bridgehead atoms. The molecule has 0 radical (unpaired) electrons. The highest BCUT2D eigenvalue weighted by Gasteiger charge is 2.15. The number of thiophene rings is 1. The minimum absolute atomic E-state index is 0.285. The molecule has 18 heavy (non-hydrogen) atoms. The number of nitrogens with zero attached hydrogens (tertiary/aromatic N) is 1. The first kappa shape index (κ1) is 12.4. The summed E-state index contributed by atoms with van der Waals surface area (Å²) in [5, 5.41) is 12.9. The van der Waals surface area contributed by atoms with Gasteiger partial charge in [0.15, 0.2) is 5.75 Å². The van der Waals surface area contributed by atoms with E-state index < -0.39 is 0 Å². The lowest BCUT2D eigenvalue weighted by molar-refractivity contribution is 0.415. The summed E-state index contributed by atoms with van der Waals surface area (Å²) in [7, 11) is 1.56. The van der Waals surface area contributed by atoms with Crippen LogP contribution in [0.25, 0.3) is 0 Å². The highest BCUT2D eigenvalue weighted by molar-refractivity contribution is 7.17. The smallest absolute Gasteiger partial charge is 0.157 e. The molecular formula is C13H11FN2OS. The van der Waals surface area contributed by atoms with Gasteiger partial charge in [-0.05, 0) is 31.2 Å². The van der Waals surface area contributed by atoms with E-state index in [2.05, 4.69) is 11.4 Å². The third-order valence-corrected chi connectivity index (χ3v) is 3.59. The zero-order valence-corrected chi connectivity index (χ0v) is 10.8. The first-order chi connectivity index (χ1) is 8.65. The molecule has 1 N–H and O–H groups in total. The maximum absolute atomic E-state index is 12.8. The summed E-state index contributed by atoms with van der Waals surface area (Å²) < 4.78 is 18.1. The Morgan fingerprint density at radius 3 is 2.56 bits per heavy atom. The lowest BCUT2D eigenvalue weighted by Crippen LogP contribution is -1.91. The molecule has 0 aliphatic carbocycles. The Balaban J connectivity index is 2.34. The van der Waals surface area contributed by atoms with Gasteiger partial charge in [-0.25, -0.2) is 4.39 Å². The SMILES string of the molecule is COc1c(Nc2ccc(F)cc2)sc(C#N)c1C. The van der Waals surface area contributed by atoms with Gasteiger partial charge in [-0.15, -0.1) is 11.3 Å². The van der Waals surface area contributed by atoms with Crippen molar-refractivity contribution in [1.82, 2.24) is 0 Å². The normalized spacial score (nSPS) is 9.89. The summed E-state index contributed by atoms with van der Waals surface area (Å²) in [4.78, 5) is 0.608. The standard InChI is InChI=1S/C13H11FN2OS/c1-8-11(7-15)18-13(12(8)17-2)16-10-5-3-9(14)4-6-10/h3-6,16H,1-2H3. The molecule has 1 aromatic heterocycles. The van der Waals surface area contributed by atoms with Crippen molar-refractivity contribution in [2.24, 2.45) is 0 Å². The van der Waals surface area contributed by atoms with E-state index in [4.69, 9.17) is 10.00 Å². The molecule has 0 saturated carbocycles. The number of hydrogen-bond donors (Lipinski definition) is 1. The summed E-state index contributed by atoms with van der Waals surface area (Å²) in [5.41, 5.74) is 1.56. The number of halogens is 1. The van der Waals surface area contributed by atoms with Gasteiger partial charge in [-0.2, -0.15) is 5.26 Å². The number of methoxy groups -OCH3 is 1. The van der Waals surface area contributed by atoms with E-state index in [0.29, 0.717) is 10.6 Å². The van der Waals surface area contributed by atoms with Gasteiger partial charge in [0, 0.05) is 11.3 Å². The third-order valence-electron chi connectivity index (χ3n) is 2.50. The predicted octanol–water partition coefficient (Wildman–Crippen LogP) is 3.82. The topological polar surface area (TPSA) is 45.0 Å². The van der Waals surface area contributed by atoms with Crippen LogP contribution in [0.2, 0.25) is 0 Å². The van der Waals surface area contributed by atoms with Crippen LogP contribution in [0, 0.1) is 24.1 Å². The molecule has 5 heteroatoms. The Morgan fingerprint density at radius 2 is 2.00 bits per heavy atom. The molecular weight excluding hydrogens is 251 g/mol. The van der Waals surface area contributed by atoms with Gasteiger partial charge >= 0.3 is 0 Å². The van der Waals surface area contributed by atoms with Crippen molar-refractivity contribution in [3.8, 4) is 11.8 Å². The molecule has 92 valence electrons. The number of nitriles is 1. The van der Waals surface area contributed by atoms with Crippen molar-refractivity contribution >= 4 is 22.0 Å². The summed E-state index contributed by atoms with van der Waals surface area (Å²) >= 11 is 1.32. The predicted molar refractivity (Wildman–Crippen MR) is 70.0 cm³/mol. The molecule has 0 amide bonds. The average Bonchev–Trinajstić information content (AvgIpc) is 2.68. The van der Waals surface area contributed by atoms with E-state index in [1.54, 1.807) is 19.2 Å². The second-order valence-corrected chi connectivity index (χ2v) is 4.68. The van der Waals surface area contributed by atoms with Gasteiger partial charge < -0.3 is 10.1 Å². The molecule has 1 aromatic carbocycles. The van der Waals surface area contributed by atoms with Crippen LogP contribution < -0.4 is 10.1 Å². The molecule has 2 rings (SSSR count). The van der Waals surface area contributed by atoms with Crippen LogP contribution in [0.15, 0.2) is 24.3 Å². The molecule has 1 heterocycles. The highest BCUT2D eigenvalue weighted by Crippen LogP contribution is 2.40. The molecule has 3 nitrogen and oxygen atoms in total. The first-order valence-corrected chi connectivity index (χ1v) is 6.07. The van der Waals surface area contributed by atoms with Crippen LogP contribution in [-0.2, 0) is 0 Å². The number of rotatable bonds is 3. The monoisotopic (exact) mass is 262 g/mol. The quantitative estimate of drug-likeness (QED) is 0.914. The van der Waals surface area contributed by atoms with Crippen LogP contribution >= 0.6 is 11.3 Å². The molecule has 0 fully saturated rings. The van der Waals surface area contributed by atoms with Gasteiger partial charge in [-0.3, -0.25) is 0 Å². The largest absolute Gasteiger partial charge is 0.493 e. The maximum Gasteiger partial charge on any atom is 0.157 e. The zero-order chi connectivity index (χ0) is 13.1. The molecule has 0 unspecified atom stereocenters. The fourth-order valence-electron chi connectivity index (χ4n) is 1.60. The van der Waals surface area contributed by atoms with Gasteiger partial charge in [-0.1, -0.05) is 0 Å². The third kappa shape index (κ3) is 2.29. The summed E-state index contributed by atoms with van der Waals surface area (Å²) in [5.74, 6) is 0.369. The Bertz CT molecular complexity index is 599. The molecule has 0 atom stereocenters. The summed E-state index contributed by atoms with van der Waals surface area (Å²) in [6.45, 7) is 1.84. The van der Waals surface area contributed by atoms with Crippen LogP contribution in [0.3, 0.4) is 0 Å². The number of benzene rings is 1. The molecule has 0 aliphatic rings. The average molecular weight is 262 g/mol. The number of hydrogen-bond acceptors (Lipinski definition) is 4. The van der Waals surface area contributed by atoms with Crippen LogP contribution in [0.4, 0.5) is 15.1 Å². The lowest BCUT2D eigenvalue weighted by atomic mass is 10.2. The van der Waals surface area contributed by atoms with Crippen LogP contribution in [0.1, 0.15) is 10.4 Å². The molecule has 2 aromatic rings. The second-order valence-electron chi connectivity index (χ2n) is 3.66. The van der Waals surface area contributed by atoms with Crippen molar-refractivity contribution in [3.63, 3.8) is 0 Å². The van der Waals surface area contributed by atoms with Crippen molar-refractivity contribution in [3.05, 3.63) is 40.5 Å². The van der Waals surface area contributed by atoms with Crippen molar-refractivity contribution in [2.45, 2.75) is 6.92 Å². The fraction of sp³-hybridized carbons (Fsp3) is 0.154. The fourth-order valence-corrected chi connectivity index (χ4v) is 2.59. The molecule has 0 saturated heterocycles. The van der Waals surface area contributed by atoms with Crippen LogP contribution in [-0.4, -0.2) is 7.11 Å². The highest BCUT2D eigenvalue weighted by atomic mass is 32.1. The Morgan fingerprint density at radius 1 is 1.33 bits per heavy atom. The first-order valence-electron chi connectivity index (χ1n) is 5.25. The van der Waals surface area contributed by atoms with Gasteiger partial charge in [0.25, 0.3) is 0 Å². The van der Waals surface area contributed by atoms with E-state index in [1.165, 1.54) is 23.5 Å². The van der Waals surface area contributed by atoms with Crippen molar-refractivity contribution in [1.29, 1.82) is 5.26 Å². The van der Waals surface area contributed by atoms with E-state index in [9.17, 15) is 4.39 Å². The van der Waals surface area contributed by atoms with E-state index in [-0.39, 0.29) is 5.82 Å². The van der Waals surface area contributed by atoms with E-state index in [0.717, 1.165) is 16.3 Å². The van der Waals surface area contributed by atoms with Gasteiger partial charge in [0.2, 0.25) is 0 Å². The maximum atomic E-state index is 12.8. The van der Waals surface area contributed by atoms with Gasteiger partial charge in [0.1, 0.15) is 21.8 Å². The van der Waals surface area contributed by atoms with Gasteiger partial charge in [0.05, 0.1) is 7.11 Å². The second kappa shape index (κ2) is 5.07. The van der Waals surface area contributed by atoms with E-state index in [1.807, 2.05) is 6.92 Å². The number of nitrogens with one attached hydrogen (secondary N) is 1. The Kier molecular flexibility index (Phi) is 3.49. The minimum Gasteiger partial charge on any atom is -0.493 e. The Hall–Kier alpha value is -2.06. The summed E-state index contributed by atoms with van der Waals surface area (Å²) in [6, 6.07) is 8.14. The van der Waals surface area contributed by atoms with E-state index >= 15 is 0 Å². The van der Waals surface area contributed by atoms with Crippen molar-refractivity contribution < 1.29 is 9.13 Å². The molecule has 0 aliphatic heterocycles. The van der Waals surface area contributed by atoms with Crippen LogP contribution in [0.5, 0.6) is 5.75 Å².